The van der Waals surface area contributed by atoms with Crippen LogP contribution in [0.5, 0.6) is 0 Å². The number of hydrogen-bond acceptors (Lipinski definition) is 2. The molecule has 0 aliphatic rings. The Bertz CT molecular complexity index is 638. The summed E-state index contributed by atoms with van der Waals surface area (Å²) in [5, 5.41) is 0.931. The van der Waals surface area contributed by atoms with Gasteiger partial charge in [-0.25, -0.2) is 0 Å². The lowest BCUT2D eigenvalue weighted by Crippen LogP contribution is -2.25. The number of nitrogens with zero attached hydrogens (tertiary/aromatic N) is 1. The molecule has 0 fully saturated rings. The molecule has 0 bridgehead atoms. The maximum atomic E-state index is 12.3. The van der Waals surface area contributed by atoms with E-state index in [9.17, 15) is 4.79 Å². The zero-order valence-corrected chi connectivity index (χ0v) is 13.6. The van der Waals surface area contributed by atoms with Gasteiger partial charge in [-0.05, 0) is 37.7 Å². The number of likely N-dealkylation sites (N-methyl/N-ethyl adjacent to an activating group) is 1. The van der Waals surface area contributed by atoms with Gasteiger partial charge in [0, 0.05) is 17.1 Å². The Kier molecular flexibility index (Phi) is 5.40. The summed E-state index contributed by atoms with van der Waals surface area (Å²) < 4.78 is 0. The van der Waals surface area contributed by atoms with Crippen molar-refractivity contribution >= 4 is 29.0 Å². The van der Waals surface area contributed by atoms with Crippen LogP contribution in [0.15, 0.2) is 42.5 Å². The number of benzene rings is 2. The summed E-state index contributed by atoms with van der Waals surface area (Å²) in [4.78, 5) is 14.2. The van der Waals surface area contributed by atoms with Crippen molar-refractivity contribution in [3.63, 3.8) is 0 Å². The van der Waals surface area contributed by atoms with Gasteiger partial charge in [-0.15, -0.1) is 0 Å². The van der Waals surface area contributed by atoms with Crippen LogP contribution in [0.3, 0.4) is 0 Å². The summed E-state index contributed by atoms with van der Waals surface area (Å²) in [6.45, 7) is 3.09. The lowest BCUT2D eigenvalue weighted by atomic mass is 10.1. The zero-order chi connectivity index (χ0) is 15.4. The highest BCUT2D eigenvalue weighted by Gasteiger charge is 2.13. The Morgan fingerprint density at radius 2 is 1.76 bits per heavy atom. The average Bonchev–Trinajstić information content (AvgIpc) is 2.41. The molecular formula is C17H17Cl2NO. The molecule has 0 aliphatic heterocycles. The molecule has 2 aromatic rings. The van der Waals surface area contributed by atoms with E-state index in [-0.39, 0.29) is 5.78 Å². The third-order valence-electron chi connectivity index (χ3n) is 3.22. The number of Topliss-reactive ketones (excluding diaryl/α,β-unsaturated/α-hetero) is 1. The van der Waals surface area contributed by atoms with E-state index in [2.05, 4.69) is 31.2 Å². The largest absolute Gasteiger partial charge is 0.295 e. The standard InChI is InChI=1S/C17H17Cl2NO/c1-12-3-5-13(6-4-12)10-20(2)11-17(21)15-8-7-14(18)9-16(15)19/h3-9H,10-11H2,1-2H3. The van der Waals surface area contributed by atoms with E-state index in [4.69, 9.17) is 23.2 Å². The fourth-order valence-electron chi connectivity index (χ4n) is 2.11. The van der Waals surface area contributed by atoms with Gasteiger partial charge in [0.1, 0.15) is 0 Å². The highest BCUT2D eigenvalue weighted by molar-refractivity contribution is 6.36. The van der Waals surface area contributed by atoms with Crippen molar-refractivity contribution in [1.29, 1.82) is 0 Å². The molecule has 0 saturated carbocycles. The summed E-state index contributed by atoms with van der Waals surface area (Å²) in [5.41, 5.74) is 2.92. The summed E-state index contributed by atoms with van der Waals surface area (Å²) in [6, 6.07) is 13.2. The maximum Gasteiger partial charge on any atom is 0.178 e. The van der Waals surface area contributed by atoms with Gasteiger partial charge in [-0.3, -0.25) is 9.69 Å². The first-order valence-electron chi connectivity index (χ1n) is 6.68. The summed E-state index contributed by atoms with van der Waals surface area (Å²) >= 11 is 11.9. The van der Waals surface area contributed by atoms with Crippen molar-refractivity contribution in [2.24, 2.45) is 0 Å². The van der Waals surface area contributed by atoms with Crippen LogP contribution < -0.4 is 0 Å². The van der Waals surface area contributed by atoms with E-state index in [1.165, 1.54) is 11.1 Å². The second-order valence-electron chi connectivity index (χ2n) is 5.21. The van der Waals surface area contributed by atoms with E-state index in [0.29, 0.717) is 22.2 Å². The minimum Gasteiger partial charge on any atom is -0.295 e. The van der Waals surface area contributed by atoms with Crippen molar-refractivity contribution in [1.82, 2.24) is 4.90 Å². The maximum absolute atomic E-state index is 12.3. The molecule has 0 atom stereocenters. The number of carbonyl (C=O) groups excluding carboxylic acids is 1. The molecule has 2 nitrogen and oxygen atoms in total. The molecule has 0 amide bonds. The van der Waals surface area contributed by atoms with E-state index in [0.717, 1.165) is 6.54 Å². The average molecular weight is 322 g/mol. The summed E-state index contributed by atoms with van der Waals surface area (Å²) in [7, 11) is 1.92. The smallest absolute Gasteiger partial charge is 0.178 e. The van der Waals surface area contributed by atoms with Crippen molar-refractivity contribution in [3.8, 4) is 0 Å². The third kappa shape index (κ3) is 4.57. The van der Waals surface area contributed by atoms with E-state index >= 15 is 0 Å². The van der Waals surface area contributed by atoms with E-state index in [1.54, 1.807) is 18.2 Å². The van der Waals surface area contributed by atoms with Gasteiger partial charge in [0.25, 0.3) is 0 Å². The van der Waals surface area contributed by atoms with E-state index in [1.807, 2.05) is 11.9 Å². The molecule has 110 valence electrons. The number of carbonyl (C=O) groups is 1. The van der Waals surface area contributed by atoms with Crippen molar-refractivity contribution < 1.29 is 4.79 Å². The van der Waals surface area contributed by atoms with Gasteiger partial charge in [-0.1, -0.05) is 53.0 Å². The number of halogens is 2. The first-order chi connectivity index (χ1) is 9.95. The van der Waals surface area contributed by atoms with Crippen molar-refractivity contribution in [3.05, 3.63) is 69.2 Å². The number of rotatable bonds is 5. The van der Waals surface area contributed by atoms with Gasteiger partial charge in [0.2, 0.25) is 0 Å². The molecular weight excluding hydrogens is 305 g/mol. The van der Waals surface area contributed by atoms with Crippen LogP contribution in [0, 0.1) is 6.92 Å². The van der Waals surface area contributed by atoms with Gasteiger partial charge in [0.15, 0.2) is 5.78 Å². The highest BCUT2D eigenvalue weighted by Crippen LogP contribution is 2.21. The molecule has 0 N–H and O–H groups in total. The molecule has 2 rings (SSSR count). The van der Waals surface area contributed by atoms with Crippen molar-refractivity contribution in [2.75, 3.05) is 13.6 Å². The molecule has 21 heavy (non-hydrogen) atoms. The van der Waals surface area contributed by atoms with Gasteiger partial charge < -0.3 is 0 Å². The van der Waals surface area contributed by atoms with Crippen LogP contribution in [-0.2, 0) is 6.54 Å². The molecule has 0 aromatic heterocycles. The first-order valence-corrected chi connectivity index (χ1v) is 7.43. The first kappa shape index (κ1) is 16.0. The second-order valence-corrected chi connectivity index (χ2v) is 6.05. The van der Waals surface area contributed by atoms with Crippen LogP contribution >= 0.6 is 23.2 Å². The predicted octanol–water partition coefficient (Wildman–Crippen LogP) is 4.62. The minimum atomic E-state index is -0.00808. The normalized spacial score (nSPS) is 10.9. The second kappa shape index (κ2) is 7.08. The van der Waals surface area contributed by atoms with Crippen molar-refractivity contribution in [2.45, 2.75) is 13.5 Å². The zero-order valence-electron chi connectivity index (χ0n) is 12.1. The Morgan fingerprint density at radius 1 is 1.10 bits per heavy atom. The molecule has 4 heteroatoms. The topological polar surface area (TPSA) is 20.3 Å². The minimum absolute atomic E-state index is 0.00808. The van der Waals surface area contributed by atoms with Crippen LogP contribution in [0.1, 0.15) is 21.5 Å². The van der Waals surface area contributed by atoms with Crippen LogP contribution in [0.25, 0.3) is 0 Å². The Morgan fingerprint density at radius 3 is 2.38 bits per heavy atom. The van der Waals surface area contributed by atoms with Crippen LogP contribution in [0.2, 0.25) is 10.0 Å². The predicted molar refractivity (Wildman–Crippen MR) is 88.3 cm³/mol. The molecule has 0 radical (unpaired) electrons. The fourth-order valence-corrected chi connectivity index (χ4v) is 2.62. The third-order valence-corrected chi connectivity index (χ3v) is 3.77. The van der Waals surface area contributed by atoms with Gasteiger partial charge in [-0.2, -0.15) is 0 Å². The van der Waals surface area contributed by atoms with Crippen LogP contribution in [-0.4, -0.2) is 24.3 Å². The monoisotopic (exact) mass is 321 g/mol. The number of aryl methyl sites for hydroxylation is 1. The molecule has 0 unspecified atom stereocenters. The summed E-state index contributed by atoms with van der Waals surface area (Å²) in [5.74, 6) is -0.00808. The molecule has 2 aromatic carbocycles. The molecule has 0 spiro atoms. The van der Waals surface area contributed by atoms with Crippen LogP contribution in [0.4, 0.5) is 0 Å². The Hall–Kier alpha value is -1.35. The quantitative estimate of drug-likeness (QED) is 0.749. The van der Waals surface area contributed by atoms with Gasteiger partial charge in [0.05, 0.1) is 11.6 Å². The fraction of sp³-hybridized carbons (Fsp3) is 0.235. The van der Waals surface area contributed by atoms with Gasteiger partial charge >= 0.3 is 0 Å². The number of ketones is 1. The molecule has 0 heterocycles. The molecule has 0 aliphatic carbocycles. The highest BCUT2D eigenvalue weighted by atomic mass is 35.5. The lowest BCUT2D eigenvalue weighted by molar-refractivity contribution is 0.0943. The lowest BCUT2D eigenvalue weighted by Gasteiger charge is -2.16. The summed E-state index contributed by atoms with van der Waals surface area (Å²) in [6.07, 6.45) is 0. The number of hydrogen-bond donors (Lipinski definition) is 0. The van der Waals surface area contributed by atoms with E-state index < -0.39 is 0 Å². The SMILES string of the molecule is Cc1ccc(CN(C)CC(=O)c2ccc(Cl)cc2Cl)cc1. The Balaban J connectivity index is 2.00. The molecule has 0 saturated heterocycles. The Labute approximate surface area is 135 Å².